The Kier molecular flexibility index (Phi) is 4.86. The zero-order valence-corrected chi connectivity index (χ0v) is 17.8. The van der Waals surface area contributed by atoms with Gasteiger partial charge in [0.2, 0.25) is 0 Å². The van der Waals surface area contributed by atoms with Crippen LogP contribution in [-0.4, -0.2) is 44.6 Å². The first-order valence-electron chi connectivity index (χ1n) is 10.8. The third-order valence-corrected chi connectivity index (χ3v) is 5.91. The monoisotopic (exact) mass is 435 g/mol. The SMILES string of the molecule is Nc1ncnc2nc(-c3ccc(C4CNCCO4)nc3)cc(-c3ccnc4ccccc34)c12. The zero-order valence-electron chi connectivity index (χ0n) is 17.8. The average molecular weight is 435 g/mol. The Morgan fingerprint density at radius 3 is 2.76 bits per heavy atom. The van der Waals surface area contributed by atoms with Crippen molar-refractivity contribution >= 4 is 27.8 Å². The second-order valence-electron chi connectivity index (χ2n) is 7.92. The summed E-state index contributed by atoms with van der Waals surface area (Å²) in [5, 5.41) is 5.09. The molecule has 0 radical (unpaired) electrons. The van der Waals surface area contributed by atoms with E-state index in [9.17, 15) is 0 Å². The van der Waals surface area contributed by atoms with Gasteiger partial charge >= 0.3 is 0 Å². The number of hydrogen-bond donors (Lipinski definition) is 2. The lowest BCUT2D eigenvalue weighted by Crippen LogP contribution is -2.33. The first-order valence-corrected chi connectivity index (χ1v) is 10.8. The highest BCUT2D eigenvalue weighted by atomic mass is 16.5. The smallest absolute Gasteiger partial charge is 0.165 e. The van der Waals surface area contributed by atoms with Crippen molar-refractivity contribution in [3.63, 3.8) is 0 Å². The van der Waals surface area contributed by atoms with Crippen LogP contribution in [0.4, 0.5) is 5.82 Å². The van der Waals surface area contributed by atoms with Gasteiger partial charge in [-0.05, 0) is 41.5 Å². The van der Waals surface area contributed by atoms with Crippen molar-refractivity contribution in [2.75, 3.05) is 25.4 Å². The van der Waals surface area contributed by atoms with E-state index in [-0.39, 0.29) is 6.10 Å². The maximum absolute atomic E-state index is 6.29. The van der Waals surface area contributed by atoms with Crippen LogP contribution in [0.25, 0.3) is 44.3 Å². The summed E-state index contributed by atoms with van der Waals surface area (Å²) < 4.78 is 5.82. The fourth-order valence-electron chi connectivity index (χ4n) is 4.28. The van der Waals surface area contributed by atoms with Gasteiger partial charge in [-0.1, -0.05) is 18.2 Å². The Morgan fingerprint density at radius 1 is 0.970 bits per heavy atom. The number of aromatic nitrogens is 5. The molecule has 1 aliphatic rings. The summed E-state index contributed by atoms with van der Waals surface area (Å²) in [5.74, 6) is 0.394. The molecule has 1 saturated heterocycles. The van der Waals surface area contributed by atoms with Gasteiger partial charge in [-0.15, -0.1) is 0 Å². The number of hydrogen-bond acceptors (Lipinski definition) is 8. The largest absolute Gasteiger partial charge is 0.383 e. The topological polar surface area (TPSA) is 112 Å². The van der Waals surface area contributed by atoms with Gasteiger partial charge in [0, 0.05) is 36.4 Å². The number of pyridine rings is 3. The number of nitrogens with one attached hydrogen (secondary N) is 1. The molecule has 8 heteroatoms. The van der Waals surface area contributed by atoms with Crippen molar-refractivity contribution in [1.29, 1.82) is 0 Å². The van der Waals surface area contributed by atoms with Crippen LogP contribution in [0.2, 0.25) is 0 Å². The molecule has 1 atom stereocenters. The molecule has 33 heavy (non-hydrogen) atoms. The summed E-state index contributed by atoms with van der Waals surface area (Å²) in [6.07, 6.45) is 5.04. The van der Waals surface area contributed by atoms with Crippen LogP contribution in [0.5, 0.6) is 0 Å². The molecule has 1 fully saturated rings. The van der Waals surface area contributed by atoms with Crippen molar-refractivity contribution in [3.05, 3.63) is 72.9 Å². The molecule has 1 aromatic carbocycles. The molecule has 1 unspecified atom stereocenters. The van der Waals surface area contributed by atoms with Gasteiger partial charge in [0.1, 0.15) is 18.2 Å². The molecule has 1 aliphatic heterocycles. The molecule has 6 rings (SSSR count). The van der Waals surface area contributed by atoms with Crippen LogP contribution in [0.1, 0.15) is 11.8 Å². The summed E-state index contributed by atoms with van der Waals surface area (Å²) in [6.45, 7) is 2.31. The summed E-state index contributed by atoms with van der Waals surface area (Å²) in [6, 6.07) is 16.1. The molecule has 0 aliphatic carbocycles. The van der Waals surface area contributed by atoms with Crippen molar-refractivity contribution in [3.8, 4) is 22.4 Å². The van der Waals surface area contributed by atoms with Gasteiger partial charge in [-0.25, -0.2) is 15.0 Å². The van der Waals surface area contributed by atoms with Crippen molar-refractivity contribution in [2.45, 2.75) is 6.10 Å². The van der Waals surface area contributed by atoms with E-state index in [0.717, 1.165) is 57.5 Å². The molecule has 8 nitrogen and oxygen atoms in total. The van der Waals surface area contributed by atoms with Gasteiger partial charge < -0.3 is 15.8 Å². The predicted octanol–water partition coefficient (Wildman–Crippen LogP) is 3.55. The van der Waals surface area contributed by atoms with E-state index in [4.69, 9.17) is 15.5 Å². The molecule has 0 amide bonds. The Bertz CT molecular complexity index is 1460. The van der Waals surface area contributed by atoms with Crippen LogP contribution in [0, 0.1) is 0 Å². The van der Waals surface area contributed by atoms with E-state index >= 15 is 0 Å². The highest BCUT2D eigenvalue weighted by Crippen LogP contribution is 2.36. The van der Waals surface area contributed by atoms with E-state index in [1.54, 1.807) is 6.20 Å². The minimum atomic E-state index is -0.0383. The number of para-hydroxylation sites is 1. The minimum absolute atomic E-state index is 0.0383. The van der Waals surface area contributed by atoms with Crippen LogP contribution in [0.15, 0.2) is 67.3 Å². The molecular formula is C25H21N7O. The Morgan fingerprint density at radius 2 is 1.91 bits per heavy atom. The zero-order chi connectivity index (χ0) is 22.2. The molecule has 0 saturated carbocycles. The quantitative estimate of drug-likeness (QED) is 0.443. The van der Waals surface area contributed by atoms with Crippen LogP contribution < -0.4 is 11.1 Å². The number of ether oxygens (including phenoxy) is 1. The predicted molar refractivity (Wildman–Crippen MR) is 127 cm³/mol. The molecule has 4 aromatic heterocycles. The van der Waals surface area contributed by atoms with E-state index in [0.29, 0.717) is 18.1 Å². The summed E-state index contributed by atoms with van der Waals surface area (Å²) >= 11 is 0. The number of benzene rings is 1. The van der Waals surface area contributed by atoms with Gasteiger partial charge in [-0.3, -0.25) is 9.97 Å². The lowest BCUT2D eigenvalue weighted by atomic mass is 9.97. The first kappa shape index (κ1) is 19.7. The Hall–Kier alpha value is -4.01. The van der Waals surface area contributed by atoms with E-state index in [1.165, 1.54) is 6.33 Å². The fourth-order valence-corrected chi connectivity index (χ4v) is 4.28. The second kappa shape index (κ2) is 8.16. The molecule has 0 bridgehead atoms. The molecule has 5 aromatic rings. The number of fused-ring (bicyclic) bond motifs is 2. The number of rotatable bonds is 3. The molecular weight excluding hydrogens is 414 g/mol. The van der Waals surface area contributed by atoms with E-state index in [1.807, 2.05) is 48.7 Å². The average Bonchev–Trinajstić information content (AvgIpc) is 2.88. The number of nitrogens with two attached hydrogens (primary N) is 1. The third-order valence-electron chi connectivity index (χ3n) is 5.91. The normalized spacial score (nSPS) is 16.3. The summed E-state index contributed by atoms with van der Waals surface area (Å²) in [4.78, 5) is 22.6. The van der Waals surface area contributed by atoms with E-state index < -0.39 is 0 Å². The Labute approximate surface area is 189 Å². The van der Waals surface area contributed by atoms with Crippen LogP contribution in [0.3, 0.4) is 0 Å². The maximum atomic E-state index is 6.29. The number of nitrogen functional groups attached to an aromatic ring is 1. The van der Waals surface area contributed by atoms with Crippen LogP contribution in [-0.2, 0) is 4.74 Å². The number of anilines is 1. The van der Waals surface area contributed by atoms with Gasteiger partial charge in [0.15, 0.2) is 5.65 Å². The third kappa shape index (κ3) is 3.55. The highest BCUT2D eigenvalue weighted by molar-refractivity contribution is 6.07. The Balaban J connectivity index is 1.52. The van der Waals surface area contributed by atoms with Crippen molar-refractivity contribution in [1.82, 2.24) is 30.2 Å². The minimum Gasteiger partial charge on any atom is -0.383 e. The molecule has 5 heterocycles. The van der Waals surface area contributed by atoms with Crippen LogP contribution >= 0.6 is 0 Å². The van der Waals surface area contributed by atoms with Crippen molar-refractivity contribution < 1.29 is 4.74 Å². The number of morpholine rings is 1. The molecule has 0 spiro atoms. The van der Waals surface area contributed by atoms with Gasteiger partial charge in [-0.2, -0.15) is 0 Å². The maximum Gasteiger partial charge on any atom is 0.165 e. The first-order chi connectivity index (χ1) is 16.3. The van der Waals surface area contributed by atoms with E-state index in [2.05, 4.69) is 31.3 Å². The summed E-state index contributed by atoms with van der Waals surface area (Å²) in [7, 11) is 0. The fraction of sp³-hybridized carbons (Fsp3) is 0.160. The molecule has 162 valence electrons. The van der Waals surface area contributed by atoms with Crippen molar-refractivity contribution in [2.24, 2.45) is 0 Å². The van der Waals surface area contributed by atoms with Gasteiger partial charge in [0.25, 0.3) is 0 Å². The summed E-state index contributed by atoms with van der Waals surface area (Å²) in [5.41, 5.74) is 12.2. The molecule has 3 N–H and O–H groups in total. The van der Waals surface area contributed by atoms with Gasteiger partial charge in [0.05, 0.1) is 28.9 Å². The highest BCUT2D eigenvalue weighted by Gasteiger charge is 2.18. The standard InChI is InChI=1S/C25H21N7O/c26-24-23-18(16-7-8-28-19-4-2-1-3-17(16)19)11-21(32-25(23)31-14-30-24)15-5-6-20(29-12-15)22-13-27-9-10-33-22/h1-8,11-12,14,22,27H,9-10,13H2,(H2,26,30,31,32). The number of nitrogens with zero attached hydrogens (tertiary/aromatic N) is 5. The lowest BCUT2D eigenvalue weighted by molar-refractivity contribution is 0.0250. The second-order valence-corrected chi connectivity index (χ2v) is 7.92. The lowest BCUT2D eigenvalue weighted by Gasteiger charge is -2.23.